The highest BCUT2D eigenvalue weighted by atomic mass is 35.5. The van der Waals surface area contributed by atoms with Gasteiger partial charge in [-0.1, -0.05) is 42.2 Å². The predicted molar refractivity (Wildman–Crippen MR) is 85.0 cm³/mol. The number of alkyl halides is 4. The van der Waals surface area contributed by atoms with Crippen molar-refractivity contribution in [3.8, 4) is 23.7 Å². The molecule has 0 aliphatic heterocycles. The zero-order valence-corrected chi connectivity index (χ0v) is 13.2. The van der Waals surface area contributed by atoms with Crippen molar-refractivity contribution in [2.24, 2.45) is 0 Å². The van der Waals surface area contributed by atoms with Gasteiger partial charge in [-0.15, -0.1) is 11.6 Å². The second-order valence-corrected chi connectivity index (χ2v) is 5.18. The fourth-order valence-corrected chi connectivity index (χ4v) is 1.97. The lowest BCUT2D eigenvalue weighted by Gasteiger charge is -2.11. The number of hydrogen-bond donors (Lipinski definition) is 0. The van der Waals surface area contributed by atoms with E-state index in [0.29, 0.717) is 17.9 Å². The van der Waals surface area contributed by atoms with Gasteiger partial charge in [-0.25, -0.2) is 0 Å². The first kappa shape index (κ1) is 19.1. The molecule has 122 valence electrons. The molecule has 23 heavy (non-hydrogen) atoms. The molecule has 1 aromatic rings. The maximum absolute atomic E-state index is 12.5. The first-order valence-electron chi connectivity index (χ1n) is 7.14. The van der Waals surface area contributed by atoms with Crippen LogP contribution >= 0.6 is 11.6 Å². The lowest BCUT2D eigenvalue weighted by molar-refractivity contribution is -0.171. The van der Waals surface area contributed by atoms with E-state index in [-0.39, 0.29) is 0 Å². The Bertz CT molecular complexity index is 615. The van der Waals surface area contributed by atoms with Crippen LogP contribution < -0.4 is 0 Å². The molecule has 0 fully saturated rings. The van der Waals surface area contributed by atoms with Crippen molar-refractivity contribution in [3.05, 3.63) is 35.9 Å². The van der Waals surface area contributed by atoms with E-state index >= 15 is 0 Å². The summed E-state index contributed by atoms with van der Waals surface area (Å²) in [5.74, 6) is 8.62. The second kappa shape index (κ2) is 9.98. The molecule has 0 saturated carbocycles. The Labute approximate surface area is 139 Å². The Kier molecular flexibility index (Phi) is 8.30. The van der Waals surface area contributed by atoms with Crippen molar-refractivity contribution in [1.82, 2.24) is 0 Å². The first-order chi connectivity index (χ1) is 10.9. The fraction of sp³-hybridized carbons (Fsp3) is 0.389. The van der Waals surface area contributed by atoms with Crippen LogP contribution in [0, 0.1) is 23.7 Å². The Balaban J connectivity index is 2.80. The third-order valence-electron chi connectivity index (χ3n) is 2.99. The Hall–Kier alpha value is -1.91. The molecule has 0 aliphatic carbocycles. The maximum Gasteiger partial charge on any atom is 0.450 e. The average molecular weight is 341 g/mol. The smallest absolute Gasteiger partial charge is 0.290 e. The molecule has 0 amide bonds. The summed E-state index contributed by atoms with van der Waals surface area (Å²) < 4.78 is 37.4. The van der Waals surface area contributed by atoms with Gasteiger partial charge < -0.3 is 0 Å². The molecule has 0 aliphatic rings. The van der Waals surface area contributed by atoms with Crippen molar-refractivity contribution >= 4 is 17.4 Å². The molecule has 0 heterocycles. The summed E-state index contributed by atoms with van der Waals surface area (Å²) in [4.78, 5) is 11.2. The Morgan fingerprint density at radius 1 is 1.13 bits per heavy atom. The highest BCUT2D eigenvalue weighted by Gasteiger charge is 2.39. The minimum absolute atomic E-state index is 0.571. The molecular formula is C18H16ClF3O. The Morgan fingerprint density at radius 2 is 1.83 bits per heavy atom. The molecule has 0 spiro atoms. The van der Waals surface area contributed by atoms with Gasteiger partial charge in [0.1, 0.15) is 0 Å². The maximum atomic E-state index is 12.5. The highest BCUT2D eigenvalue weighted by Crippen LogP contribution is 2.25. The summed E-state index contributed by atoms with van der Waals surface area (Å²) in [6, 6.07) is 8.43. The molecule has 1 atom stereocenters. The molecule has 0 saturated heterocycles. The summed E-state index contributed by atoms with van der Waals surface area (Å²) in [5, 5.41) is 0. The number of Topliss-reactive ketones (excluding diaryl/α,β-unsaturated/α-hetero) is 1. The van der Waals surface area contributed by atoms with Crippen LogP contribution in [-0.2, 0) is 4.79 Å². The van der Waals surface area contributed by atoms with E-state index in [0.717, 1.165) is 12.8 Å². The first-order valence-corrected chi connectivity index (χ1v) is 7.68. The van der Waals surface area contributed by atoms with Gasteiger partial charge in [-0.2, -0.15) is 13.2 Å². The van der Waals surface area contributed by atoms with E-state index in [9.17, 15) is 18.0 Å². The van der Waals surface area contributed by atoms with Gasteiger partial charge in [0.15, 0.2) is 0 Å². The van der Waals surface area contributed by atoms with Gasteiger partial charge in [-0.05, 0) is 30.2 Å². The van der Waals surface area contributed by atoms with Gasteiger partial charge in [0.05, 0.1) is 5.92 Å². The molecule has 1 nitrogen and oxygen atoms in total. The minimum atomic E-state index is -4.85. The van der Waals surface area contributed by atoms with Crippen LogP contribution in [0.2, 0.25) is 0 Å². The van der Waals surface area contributed by atoms with Gasteiger partial charge in [0.25, 0.3) is 0 Å². The fourth-order valence-electron chi connectivity index (χ4n) is 1.78. The number of benzene rings is 1. The molecule has 1 rings (SSSR count). The molecular weight excluding hydrogens is 325 g/mol. The standard InChI is InChI=1S/C18H16ClF3O/c19-13-9-4-2-1-3-6-12-16(14-17(23)18(20,21)22)15-10-7-5-8-11-15/h5,7-8,10-11,16H,2,4,9,13-14H2/t16-/m1/s1. The van der Waals surface area contributed by atoms with Crippen LogP contribution in [0.15, 0.2) is 30.3 Å². The minimum Gasteiger partial charge on any atom is -0.290 e. The van der Waals surface area contributed by atoms with Crippen LogP contribution in [0.5, 0.6) is 0 Å². The van der Waals surface area contributed by atoms with Crippen molar-refractivity contribution in [2.75, 3.05) is 5.88 Å². The van der Waals surface area contributed by atoms with Gasteiger partial charge in [-0.3, -0.25) is 4.79 Å². The van der Waals surface area contributed by atoms with Crippen molar-refractivity contribution < 1.29 is 18.0 Å². The number of carbonyl (C=O) groups is 1. The normalized spacial score (nSPS) is 11.7. The van der Waals surface area contributed by atoms with Gasteiger partial charge >= 0.3 is 6.18 Å². The van der Waals surface area contributed by atoms with Gasteiger partial charge in [0.2, 0.25) is 5.78 Å². The largest absolute Gasteiger partial charge is 0.450 e. The molecule has 0 N–H and O–H groups in total. The SMILES string of the molecule is O=C(C[C@@H](C#CC#CCCCCCl)c1ccccc1)C(F)(F)F. The summed E-state index contributed by atoms with van der Waals surface area (Å²) in [7, 11) is 0. The monoisotopic (exact) mass is 340 g/mol. The quantitative estimate of drug-likeness (QED) is 0.416. The van der Waals surface area contributed by atoms with Crippen LogP contribution in [0.25, 0.3) is 0 Å². The van der Waals surface area contributed by atoms with Crippen molar-refractivity contribution in [3.63, 3.8) is 0 Å². The lowest BCUT2D eigenvalue weighted by Crippen LogP contribution is -2.24. The predicted octanol–water partition coefficient (Wildman–Crippen LogP) is 4.71. The van der Waals surface area contributed by atoms with Crippen LogP contribution in [0.3, 0.4) is 0 Å². The van der Waals surface area contributed by atoms with Crippen molar-refractivity contribution in [1.29, 1.82) is 0 Å². The molecule has 0 aromatic heterocycles. The second-order valence-electron chi connectivity index (χ2n) is 4.81. The number of carbonyl (C=O) groups excluding carboxylic acids is 1. The zero-order valence-electron chi connectivity index (χ0n) is 12.4. The van der Waals surface area contributed by atoms with Crippen molar-refractivity contribution in [2.45, 2.75) is 37.8 Å². The molecule has 0 bridgehead atoms. The summed E-state index contributed by atoms with van der Waals surface area (Å²) in [6.45, 7) is 0. The van der Waals surface area contributed by atoms with E-state index in [1.165, 1.54) is 0 Å². The molecule has 5 heteroatoms. The van der Waals surface area contributed by atoms with E-state index in [1.807, 2.05) is 0 Å². The average Bonchev–Trinajstić information content (AvgIpc) is 2.52. The number of unbranched alkanes of at least 4 members (excludes halogenated alkanes) is 2. The third kappa shape index (κ3) is 7.77. The zero-order chi connectivity index (χ0) is 17.1. The summed E-state index contributed by atoms with van der Waals surface area (Å²) >= 11 is 5.54. The topological polar surface area (TPSA) is 17.1 Å². The van der Waals surface area contributed by atoms with E-state index in [1.54, 1.807) is 30.3 Å². The van der Waals surface area contributed by atoms with Crippen LogP contribution in [0.4, 0.5) is 13.2 Å². The van der Waals surface area contributed by atoms with E-state index in [4.69, 9.17) is 11.6 Å². The van der Waals surface area contributed by atoms with Crippen LogP contribution in [-0.4, -0.2) is 17.8 Å². The van der Waals surface area contributed by atoms with Gasteiger partial charge in [0, 0.05) is 18.7 Å². The number of hydrogen-bond acceptors (Lipinski definition) is 1. The Morgan fingerprint density at radius 3 is 2.43 bits per heavy atom. The highest BCUT2D eigenvalue weighted by molar-refractivity contribution is 6.17. The molecule has 0 unspecified atom stereocenters. The third-order valence-corrected chi connectivity index (χ3v) is 3.26. The number of rotatable bonds is 6. The lowest BCUT2D eigenvalue weighted by atomic mass is 9.94. The molecule has 1 aromatic carbocycles. The van der Waals surface area contributed by atoms with E-state index < -0.39 is 24.3 Å². The number of halogens is 4. The van der Waals surface area contributed by atoms with Crippen LogP contribution in [0.1, 0.15) is 37.2 Å². The summed E-state index contributed by atoms with van der Waals surface area (Å²) in [6.07, 6.45) is -3.20. The van der Waals surface area contributed by atoms with E-state index in [2.05, 4.69) is 23.7 Å². The number of ketones is 1. The summed E-state index contributed by atoms with van der Waals surface area (Å²) in [5.41, 5.74) is 0.571. The molecule has 0 radical (unpaired) electrons.